The van der Waals surface area contributed by atoms with Crippen LogP contribution in [-0.4, -0.2) is 40.7 Å². The lowest BCUT2D eigenvalue weighted by atomic mass is 10.2. The molecule has 1 aromatic carbocycles. The molecule has 130 valence electrons. The Bertz CT molecular complexity index is 631. The lowest BCUT2D eigenvalue weighted by Crippen LogP contribution is -2.20. The number of rotatable bonds is 5. The van der Waals surface area contributed by atoms with Crippen molar-refractivity contribution < 1.29 is 9.90 Å². The van der Waals surface area contributed by atoms with Gasteiger partial charge in [-0.1, -0.05) is 30.3 Å². The molecule has 1 saturated heterocycles. The van der Waals surface area contributed by atoms with E-state index in [9.17, 15) is 4.79 Å². The fourth-order valence-corrected chi connectivity index (χ4v) is 2.90. The van der Waals surface area contributed by atoms with E-state index in [4.69, 9.17) is 5.11 Å². The van der Waals surface area contributed by atoms with Crippen LogP contribution < -0.4 is 5.32 Å². The summed E-state index contributed by atoms with van der Waals surface area (Å²) in [4.78, 5) is 13.2. The molecule has 0 saturated carbocycles. The zero-order valence-electron chi connectivity index (χ0n) is 14.5. The van der Waals surface area contributed by atoms with Gasteiger partial charge in [0.05, 0.1) is 0 Å². The highest BCUT2D eigenvalue weighted by Gasteiger charge is 2.16. The average molecular weight is 329 g/mol. The van der Waals surface area contributed by atoms with Gasteiger partial charge in [0, 0.05) is 25.8 Å². The first-order valence-electron chi connectivity index (χ1n) is 8.40. The van der Waals surface area contributed by atoms with E-state index >= 15 is 0 Å². The van der Waals surface area contributed by atoms with Crippen molar-refractivity contribution in [2.24, 2.45) is 7.05 Å². The van der Waals surface area contributed by atoms with Gasteiger partial charge in [-0.15, -0.1) is 0 Å². The molecule has 24 heavy (non-hydrogen) atoms. The van der Waals surface area contributed by atoms with E-state index in [2.05, 4.69) is 22.3 Å². The van der Waals surface area contributed by atoms with E-state index < -0.39 is 5.97 Å². The molecule has 2 heterocycles. The molecule has 0 bridgehead atoms. The van der Waals surface area contributed by atoms with Crippen LogP contribution in [0.15, 0.2) is 42.5 Å². The second-order valence-corrected chi connectivity index (χ2v) is 6.07. The second kappa shape index (κ2) is 9.25. The van der Waals surface area contributed by atoms with Crippen molar-refractivity contribution in [3.05, 3.63) is 59.4 Å². The van der Waals surface area contributed by atoms with E-state index in [1.165, 1.54) is 18.4 Å². The van der Waals surface area contributed by atoms with Crippen molar-refractivity contribution in [3.63, 3.8) is 0 Å². The molecule has 0 radical (unpaired) electrons. The van der Waals surface area contributed by atoms with Crippen LogP contribution in [0.3, 0.4) is 0 Å². The van der Waals surface area contributed by atoms with Crippen molar-refractivity contribution in [1.82, 2.24) is 14.8 Å². The maximum atomic E-state index is 10.8. The van der Waals surface area contributed by atoms with Gasteiger partial charge in [0.15, 0.2) is 0 Å². The maximum Gasteiger partial charge on any atom is 0.352 e. The molecule has 1 aliphatic rings. The van der Waals surface area contributed by atoms with Gasteiger partial charge in [-0.25, -0.2) is 4.79 Å². The Kier molecular flexibility index (Phi) is 7.03. The molecule has 0 aliphatic carbocycles. The summed E-state index contributed by atoms with van der Waals surface area (Å²) >= 11 is 0. The van der Waals surface area contributed by atoms with E-state index in [1.54, 1.807) is 10.6 Å². The number of carboxylic acids is 1. The van der Waals surface area contributed by atoms with Crippen LogP contribution in [0.4, 0.5) is 0 Å². The third-order valence-corrected chi connectivity index (χ3v) is 4.25. The first kappa shape index (κ1) is 18.2. The van der Waals surface area contributed by atoms with Gasteiger partial charge in [-0.05, 0) is 50.7 Å². The smallest absolute Gasteiger partial charge is 0.352 e. The Morgan fingerprint density at radius 3 is 2.33 bits per heavy atom. The fraction of sp³-hybridized carbons (Fsp3) is 0.421. The number of likely N-dealkylation sites (tertiary alicyclic amines) is 1. The SMILES string of the molecule is CNCc1ccccc1.Cn1c(CN2CCCC2)ccc1C(=O)O. The highest BCUT2D eigenvalue weighted by molar-refractivity contribution is 5.86. The number of aromatic nitrogens is 1. The summed E-state index contributed by atoms with van der Waals surface area (Å²) in [6.07, 6.45) is 2.52. The number of carboxylic acid groups (broad SMARTS) is 1. The quantitative estimate of drug-likeness (QED) is 0.885. The third kappa shape index (κ3) is 5.22. The van der Waals surface area contributed by atoms with E-state index in [1.807, 2.05) is 38.4 Å². The van der Waals surface area contributed by atoms with Gasteiger partial charge in [-0.3, -0.25) is 4.90 Å². The topological polar surface area (TPSA) is 57.5 Å². The highest BCUT2D eigenvalue weighted by atomic mass is 16.4. The van der Waals surface area contributed by atoms with Crippen LogP contribution in [0.25, 0.3) is 0 Å². The molecular formula is C19H27N3O2. The maximum absolute atomic E-state index is 10.8. The number of carbonyl (C=O) groups is 1. The first-order chi connectivity index (χ1) is 11.6. The standard InChI is InChI=1S/C11H16N2O2.C8H11N/c1-12-9(4-5-10(12)11(14)15)8-13-6-2-3-7-13;1-9-7-8-5-3-2-4-6-8/h4-5H,2-3,6-8H2,1H3,(H,14,15);2-6,9H,7H2,1H3. The van der Waals surface area contributed by atoms with Crippen LogP contribution in [0, 0.1) is 0 Å². The molecule has 0 unspecified atom stereocenters. The first-order valence-corrected chi connectivity index (χ1v) is 8.40. The van der Waals surface area contributed by atoms with Gasteiger partial charge in [-0.2, -0.15) is 0 Å². The Hall–Kier alpha value is -2.11. The minimum Gasteiger partial charge on any atom is -0.477 e. The van der Waals surface area contributed by atoms with Gasteiger partial charge in [0.1, 0.15) is 5.69 Å². The molecule has 0 amide bonds. The van der Waals surface area contributed by atoms with E-state index in [0.29, 0.717) is 5.69 Å². The summed E-state index contributed by atoms with van der Waals surface area (Å²) < 4.78 is 1.76. The predicted octanol–water partition coefficient (Wildman–Crippen LogP) is 2.73. The van der Waals surface area contributed by atoms with Crippen LogP contribution in [0.2, 0.25) is 0 Å². The molecule has 0 atom stereocenters. The molecule has 0 spiro atoms. The lowest BCUT2D eigenvalue weighted by molar-refractivity contribution is 0.0686. The van der Waals surface area contributed by atoms with Crippen molar-refractivity contribution >= 4 is 5.97 Å². The molecule has 1 aliphatic heterocycles. The minimum absolute atomic E-state index is 0.365. The Morgan fingerprint density at radius 1 is 1.12 bits per heavy atom. The van der Waals surface area contributed by atoms with Crippen molar-refractivity contribution in [2.75, 3.05) is 20.1 Å². The van der Waals surface area contributed by atoms with Crippen LogP contribution in [-0.2, 0) is 20.1 Å². The summed E-state index contributed by atoms with van der Waals surface area (Å²) in [7, 11) is 3.77. The monoisotopic (exact) mass is 329 g/mol. The Balaban J connectivity index is 0.000000198. The number of benzene rings is 1. The zero-order valence-corrected chi connectivity index (χ0v) is 14.5. The molecule has 3 rings (SSSR count). The normalized spacial score (nSPS) is 14.2. The van der Waals surface area contributed by atoms with Crippen LogP contribution in [0.1, 0.15) is 34.6 Å². The van der Waals surface area contributed by atoms with Crippen LogP contribution >= 0.6 is 0 Å². The summed E-state index contributed by atoms with van der Waals surface area (Å²) in [6.45, 7) is 4.09. The average Bonchev–Trinajstić information content (AvgIpc) is 3.21. The van der Waals surface area contributed by atoms with Gasteiger partial charge >= 0.3 is 5.97 Å². The van der Waals surface area contributed by atoms with Crippen molar-refractivity contribution in [2.45, 2.75) is 25.9 Å². The number of hydrogen-bond acceptors (Lipinski definition) is 3. The number of hydrogen-bond donors (Lipinski definition) is 2. The summed E-state index contributed by atoms with van der Waals surface area (Å²) in [5, 5.41) is 12.0. The van der Waals surface area contributed by atoms with Crippen molar-refractivity contribution in [3.8, 4) is 0 Å². The molecule has 1 aromatic heterocycles. The van der Waals surface area contributed by atoms with Crippen LogP contribution in [0.5, 0.6) is 0 Å². The van der Waals surface area contributed by atoms with Gasteiger partial charge in [0.2, 0.25) is 0 Å². The molecule has 1 fully saturated rings. The lowest BCUT2D eigenvalue weighted by Gasteiger charge is -2.15. The predicted molar refractivity (Wildman–Crippen MR) is 96.1 cm³/mol. The minimum atomic E-state index is -0.856. The summed E-state index contributed by atoms with van der Waals surface area (Å²) in [6, 6.07) is 13.9. The van der Waals surface area contributed by atoms with Crippen molar-refractivity contribution in [1.29, 1.82) is 0 Å². The Labute approximate surface area is 143 Å². The summed E-state index contributed by atoms with van der Waals surface area (Å²) in [5.74, 6) is -0.856. The number of nitrogens with zero attached hydrogens (tertiary/aromatic N) is 2. The van der Waals surface area contributed by atoms with Gasteiger partial charge in [0.25, 0.3) is 0 Å². The Morgan fingerprint density at radius 2 is 1.79 bits per heavy atom. The molecule has 5 heteroatoms. The molecular weight excluding hydrogens is 302 g/mol. The zero-order chi connectivity index (χ0) is 17.4. The van der Waals surface area contributed by atoms with Gasteiger partial charge < -0.3 is 15.0 Å². The fourth-order valence-electron chi connectivity index (χ4n) is 2.90. The molecule has 5 nitrogen and oxygen atoms in total. The molecule has 2 N–H and O–H groups in total. The summed E-state index contributed by atoms with van der Waals surface area (Å²) in [5.41, 5.74) is 2.78. The number of aromatic carboxylic acids is 1. The highest BCUT2D eigenvalue weighted by Crippen LogP contribution is 2.14. The van der Waals surface area contributed by atoms with E-state index in [-0.39, 0.29) is 0 Å². The molecule has 2 aromatic rings. The second-order valence-electron chi connectivity index (χ2n) is 6.07. The number of nitrogens with one attached hydrogen (secondary N) is 1. The third-order valence-electron chi connectivity index (χ3n) is 4.25. The van der Waals surface area contributed by atoms with E-state index in [0.717, 1.165) is 31.9 Å². The largest absolute Gasteiger partial charge is 0.477 e.